The van der Waals surface area contributed by atoms with Gasteiger partial charge in [0.2, 0.25) is 5.91 Å². The molecule has 2 rings (SSSR count). The minimum Gasteiger partial charge on any atom is -0.354 e. The molecular weight excluding hydrogens is 299 g/mol. The van der Waals surface area contributed by atoms with E-state index in [1.54, 1.807) is 6.20 Å². The molecule has 0 saturated heterocycles. The summed E-state index contributed by atoms with van der Waals surface area (Å²) in [5.74, 6) is 1.64. The van der Waals surface area contributed by atoms with Gasteiger partial charge in [0.15, 0.2) is 0 Å². The van der Waals surface area contributed by atoms with Crippen LogP contribution in [0, 0.1) is 18.8 Å². The summed E-state index contributed by atoms with van der Waals surface area (Å²) < 4.78 is 2.04. The first-order chi connectivity index (χ1) is 8.72. The van der Waals surface area contributed by atoms with Crippen molar-refractivity contribution in [3.8, 4) is 0 Å². The summed E-state index contributed by atoms with van der Waals surface area (Å²) in [4.78, 5) is 16.2. The normalized spacial score (nSPS) is 20.9. The standard InChI is InChI=1S/C13H22N4O.2ClH/c1-10-15-5-7-17(10)8-6-16-13(18)12-4-2-3-11(12)9-14;;/h5,7,11-12H,2-4,6,8-9,14H2,1H3,(H,16,18);2*1H/t11-,12-;;/m1../s1. The number of hydrogen-bond acceptors (Lipinski definition) is 3. The van der Waals surface area contributed by atoms with Gasteiger partial charge in [0.25, 0.3) is 0 Å². The van der Waals surface area contributed by atoms with Crippen molar-refractivity contribution in [1.29, 1.82) is 0 Å². The van der Waals surface area contributed by atoms with Crippen molar-refractivity contribution < 1.29 is 4.79 Å². The van der Waals surface area contributed by atoms with Gasteiger partial charge in [0, 0.05) is 31.4 Å². The number of imidazole rings is 1. The number of aryl methyl sites for hydroxylation is 1. The molecule has 1 aromatic rings. The van der Waals surface area contributed by atoms with E-state index in [1.165, 1.54) is 0 Å². The Morgan fingerprint density at radius 1 is 1.50 bits per heavy atom. The molecule has 2 atom stereocenters. The van der Waals surface area contributed by atoms with Crippen LogP contribution in [0.25, 0.3) is 0 Å². The number of aromatic nitrogens is 2. The van der Waals surface area contributed by atoms with Gasteiger partial charge in [0.1, 0.15) is 5.82 Å². The first-order valence-electron chi connectivity index (χ1n) is 6.68. The van der Waals surface area contributed by atoms with Crippen molar-refractivity contribution >= 4 is 30.7 Å². The lowest BCUT2D eigenvalue weighted by Gasteiger charge is -2.17. The monoisotopic (exact) mass is 322 g/mol. The Kier molecular flexibility index (Phi) is 8.85. The quantitative estimate of drug-likeness (QED) is 0.863. The third kappa shape index (κ3) is 4.65. The minimum atomic E-state index is 0. The van der Waals surface area contributed by atoms with E-state index in [9.17, 15) is 4.79 Å². The Morgan fingerprint density at radius 3 is 2.85 bits per heavy atom. The van der Waals surface area contributed by atoms with Crippen LogP contribution < -0.4 is 11.1 Å². The number of nitrogens with two attached hydrogens (primary N) is 1. The molecule has 0 spiro atoms. The van der Waals surface area contributed by atoms with Crippen LogP contribution in [-0.2, 0) is 11.3 Å². The van der Waals surface area contributed by atoms with Crippen LogP contribution in [0.15, 0.2) is 12.4 Å². The third-order valence-corrected chi connectivity index (χ3v) is 3.87. The van der Waals surface area contributed by atoms with Gasteiger partial charge in [-0.05, 0) is 32.2 Å². The largest absolute Gasteiger partial charge is 0.354 e. The maximum absolute atomic E-state index is 12.0. The molecule has 1 aliphatic carbocycles. The molecule has 1 amide bonds. The summed E-state index contributed by atoms with van der Waals surface area (Å²) >= 11 is 0. The van der Waals surface area contributed by atoms with Crippen molar-refractivity contribution in [3.05, 3.63) is 18.2 Å². The van der Waals surface area contributed by atoms with Crippen LogP contribution in [0.1, 0.15) is 25.1 Å². The van der Waals surface area contributed by atoms with Gasteiger partial charge in [-0.2, -0.15) is 0 Å². The summed E-state index contributed by atoms with van der Waals surface area (Å²) in [5, 5.41) is 3.01. The fourth-order valence-corrected chi connectivity index (χ4v) is 2.73. The Morgan fingerprint density at radius 2 is 2.25 bits per heavy atom. The van der Waals surface area contributed by atoms with E-state index in [1.807, 2.05) is 17.7 Å². The van der Waals surface area contributed by atoms with Crippen LogP contribution in [0.2, 0.25) is 0 Å². The zero-order chi connectivity index (χ0) is 13.0. The summed E-state index contributed by atoms with van der Waals surface area (Å²) in [6.07, 6.45) is 6.91. The highest BCUT2D eigenvalue weighted by Gasteiger charge is 2.31. The maximum atomic E-state index is 12.0. The van der Waals surface area contributed by atoms with Gasteiger partial charge >= 0.3 is 0 Å². The van der Waals surface area contributed by atoms with Crippen molar-refractivity contribution in [2.75, 3.05) is 13.1 Å². The van der Waals surface area contributed by atoms with Gasteiger partial charge in [-0.1, -0.05) is 6.42 Å². The number of nitrogens with zero attached hydrogens (tertiary/aromatic N) is 2. The second-order valence-corrected chi connectivity index (χ2v) is 4.99. The number of carbonyl (C=O) groups excluding carboxylic acids is 1. The predicted molar refractivity (Wildman–Crippen MR) is 84.4 cm³/mol. The Bertz CT molecular complexity index is 411. The topological polar surface area (TPSA) is 72.9 Å². The van der Waals surface area contributed by atoms with Crippen LogP contribution in [0.5, 0.6) is 0 Å². The van der Waals surface area contributed by atoms with Gasteiger partial charge < -0.3 is 15.6 Å². The summed E-state index contributed by atoms with van der Waals surface area (Å²) in [6, 6.07) is 0. The molecule has 7 heteroatoms. The zero-order valence-electron chi connectivity index (χ0n) is 11.7. The van der Waals surface area contributed by atoms with Gasteiger partial charge in [-0.3, -0.25) is 4.79 Å². The molecular formula is C13H24Cl2N4O. The van der Waals surface area contributed by atoms with Crippen LogP contribution in [0.3, 0.4) is 0 Å². The molecule has 1 heterocycles. The van der Waals surface area contributed by atoms with E-state index in [-0.39, 0.29) is 36.6 Å². The van der Waals surface area contributed by atoms with E-state index in [0.717, 1.165) is 31.6 Å². The Hall–Kier alpha value is -0.780. The first-order valence-corrected chi connectivity index (χ1v) is 6.68. The van der Waals surface area contributed by atoms with Crippen molar-refractivity contribution in [2.24, 2.45) is 17.6 Å². The molecule has 1 fully saturated rings. The molecule has 0 aliphatic heterocycles. The summed E-state index contributed by atoms with van der Waals surface area (Å²) in [6.45, 7) is 4.02. The third-order valence-electron chi connectivity index (χ3n) is 3.87. The zero-order valence-corrected chi connectivity index (χ0v) is 13.4. The number of halogens is 2. The number of nitrogens with one attached hydrogen (secondary N) is 1. The molecule has 116 valence electrons. The molecule has 20 heavy (non-hydrogen) atoms. The molecule has 1 aromatic heterocycles. The second-order valence-electron chi connectivity index (χ2n) is 4.99. The number of amides is 1. The fraction of sp³-hybridized carbons (Fsp3) is 0.692. The SMILES string of the molecule is Cc1nccn1CCNC(=O)[C@@H]1CCC[C@@H]1CN.Cl.Cl. The highest BCUT2D eigenvalue weighted by Crippen LogP contribution is 2.30. The van der Waals surface area contributed by atoms with Crippen molar-refractivity contribution in [3.63, 3.8) is 0 Å². The van der Waals surface area contributed by atoms with E-state index < -0.39 is 0 Å². The summed E-state index contributed by atoms with van der Waals surface area (Å²) in [7, 11) is 0. The van der Waals surface area contributed by atoms with Gasteiger partial charge in [0.05, 0.1) is 0 Å². The molecule has 1 aliphatic rings. The van der Waals surface area contributed by atoms with Gasteiger partial charge in [-0.15, -0.1) is 24.8 Å². The number of carbonyl (C=O) groups is 1. The Balaban J connectivity index is 0.00000180. The minimum absolute atomic E-state index is 0. The predicted octanol–water partition coefficient (Wildman–Crippen LogP) is 1.53. The lowest BCUT2D eigenvalue weighted by atomic mass is 9.95. The lowest BCUT2D eigenvalue weighted by molar-refractivity contribution is -0.125. The second kappa shape index (κ2) is 9.21. The lowest BCUT2D eigenvalue weighted by Crippen LogP contribution is -2.36. The van der Waals surface area contributed by atoms with Gasteiger partial charge in [-0.25, -0.2) is 4.98 Å². The number of rotatable bonds is 5. The van der Waals surface area contributed by atoms with Crippen LogP contribution in [0.4, 0.5) is 0 Å². The first kappa shape index (κ1) is 19.2. The highest BCUT2D eigenvalue weighted by atomic mass is 35.5. The molecule has 0 unspecified atom stereocenters. The van der Waals surface area contributed by atoms with Crippen LogP contribution in [-0.4, -0.2) is 28.5 Å². The fourth-order valence-electron chi connectivity index (χ4n) is 2.73. The maximum Gasteiger partial charge on any atom is 0.223 e. The highest BCUT2D eigenvalue weighted by molar-refractivity contribution is 5.85. The molecule has 5 nitrogen and oxygen atoms in total. The summed E-state index contributed by atoms with van der Waals surface area (Å²) in [5.41, 5.74) is 5.70. The van der Waals surface area contributed by atoms with Crippen LogP contribution >= 0.6 is 24.8 Å². The van der Waals surface area contributed by atoms with E-state index in [2.05, 4.69) is 10.3 Å². The average Bonchev–Trinajstić information content (AvgIpc) is 2.98. The van der Waals surface area contributed by atoms with E-state index >= 15 is 0 Å². The van der Waals surface area contributed by atoms with Crippen molar-refractivity contribution in [2.45, 2.75) is 32.7 Å². The molecule has 1 saturated carbocycles. The molecule has 3 N–H and O–H groups in total. The van der Waals surface area contributed by atoms with E-state index in [0.29, 0.717) is 19.0 Å². The smallest absolute Gasteiger partial charge is 0.223 e. The van der Waals surface area contributed by atoms with Crippen molar-refractivity contribution in [1.82, 2.24) is 14.9 Å². The molecule has 0 bridgehead atoms. The number of hydrogen-bond donors (Lipinski definition) is 2. The molecule has 0 aromatic carbocycles. The molecule has 0 radical (unpaired) electrons. The average molecular weight is 323 g/mol. The Labute approximate surface area is 132 Å². The van der Waals surface area contributed by atoms with E-state index in [4.69, 9.17) is 5.73 Å².